The molecule has 116 valence electrons. The molecule has 0 spiro atoms. The van der Waals surface area contributed by atoms with Crippen LogP contribution in [0.15, 0.2) is 24.3 Å². The van der Waals surface area contributed by atoms with Gasteiger partial charge in [0, 0.05) is 44.6 Å². The third kappa shape index (κ3) is 5.05. The fourth-order valence-corrected chi connectivity index (χ4v) is 2.65. The molecule has 0 aromatic heterocycles. The Morgan fingerprint density at radius 3 is 2.86 bits per heavy atom. The van der Waals surface area contributed by atoms with Crippen molar-refractivity contribution in [1.82, 2.24) is 0 Å². The van der Waals surface area contributed by atoms with Crippen molar-refractivity contribution in [2.75, 3.05) is 37.0 Å². The zero-order chi connectivity index (χ0) is 15.1. The number of methoxy groups -OCH3 is 1. The smallest absolute Gasteiger partial charge is 0.224 e. The number of benzene rings is 1. The minimum Gasteiger partial charge on any atom is -0.385 e. The minimum absolute atomic E-state index is 0.0523. The highest BCUT2D eigenvalue weighted by Crippen LogP contribution is 2.25. The number of carbonyl (C=O) groups excluding carboxylic acids is 1. The van der Waals surface area contributed by atoms with Crippen LogP contribution in [0.4, 0.5) is 11.4 Å². The molecule has 1 saturated heterocycles. The van der Waals surface area contributed by atoms with E-state index in [0.29, 0.717) is 13.0 Å². The normalized spacial score (nSPS) is 16.0. The second kappa shape index (κ2) is 8.03. The van der Waals surface area contributed by atoms with Crippen molar-refractivity contribution in [2.24, 2.45) is 5.92 Å². The average Bonchev–Trinajstić information content (AvgIpc) is 2.48. The molecule has 1 amide bonds. The summed E-state index contributed by atoms with van der Waals surface area (Å²) in [6, 6.07) is 8.16. The molecule has 21 heavy (non-hydrogen) atoms. The summed E-state index contributed by atoms with van der Waals surface area (Å²) in [4.78, 5) is 14.2. The number of hydrogen-bond acceptors (Lipinski definition) is 3. The molecule has 1 aliphatic rings. The van der Waals surface area contributed by atoms with Crippen LogP contribution in [0.1, 0.15) is 32.6 Å². The number of hydrogen-bond donors (Lipinski definition) is 1. The lowest BCUT2D eigenvalue weighted by molar-refractivity contribution is -0.116. The maximum absolute atomic E-state index is 11.8. The predicted octanol–water partition coefficient (Wildman–Crippen LogP) is 3.29. The Hall–Kier alpha value is -1.55. The van der Waals surface area contributed by atoms with Crippen LogP contribution in [0, 0.1) is 5.92 Å². The van der Waals surface area contributed by atoms with Crippen molar-refractivity contribution in [2.45, 2.75) is 32.6 Å². The summed E-state index contributed by atoms with van der Waals surface area (Å²) < 4.78 is 4.96. The highest BCUT2D eigenvalue weighted by atomic mass is 16.5. The summed E-state index contributed by atoms with van der Waals surface area (Å²) in [6.45, 7) is 5.15. The molecule has 1 aromatic rings. The van der Waals surface area contributed by atoms with Crippen molar-refractivity contribution in [1.29, 1.82) is 0 Å². The second-order valence-corrected chi connectivity index (χ2v) is 5.86. The standard InChI is InChI=1S/C17H26N2O2/c1-14-8-10-19(11-9-14)16-6-3-5-15(13-16)18-17(20)7-4-12-21-2/h3,5-6,13-14H,4,7-12H2,1-2H3,(H,18,20). The molecule has 4 nitrogen and oxygen atoms in total. The molecule has 1 N–H and O–H groups in total. The van der Waals surface area contributed by atoms with Gasteiger partial charge in [0.25, 0.3) is 0 Å². The van der Waals surface area contributed by atoms with Gasteiger partial charge in [-0.15, -0.1) is 0 Å². The van der Waals surface area contributed by atoms with E-state index >= 15 is 0 Å². The SMILES string of the molecule is COCCCC(=O)Nc1cccc(N2CCC(C)CC2)c1. The van der Waals surface area contributed by atoms with Crippen molar-refractivity contribution in [3.63, 3.8) is 0 Å². The third-order valence-electron chi connectivity index (χ3n) is 4.03. The van der Waals surface area contributed by atoms with Crippen molar-refractivity contribution < 1.29 is 9.53 Å². The lowest BCUT2D eigenvalue weighted by atomic mass is 9.99. The molecule has 2 rings (SSSR count). The van der Waals surface area contributed by atoms with Gasteiger partial charge in [-0.3, -0.25) is 4.79 Å². The van der Waals surface area contributed by atoms with Gasteiger partial charge in [-0.2, -0.15) is 0 Å². The molecule has 0 unspecified atom stereocenters. The summed E-state index contributed by atoms with van der Waals surface area (Å²) in [5.74, 6) is 0.876. The molecule has 0 radical (unpaired) electrons. The topological polar surface area (TPSA) is 41.6 Å². The summed E-state index contributed by atoms with van der Waals surface area (Å²) in [6.07, 6.45) is 3.74. The summed E-state index contributed by atoms with van der Waals surface area (Å²) in [5.41, 5.74) is 2.09. The van der Waals surface area contributed by atoms with Crippen LogP contribution in [-0.2, 0) is 9.53 Å². The number of ether oxygens (including phenoxy) is 1. The van der Waals surface area contributed by atoms with Gasteiger partial charge < -0.3 is 15.0 Å². The maximum atomic E-state index is 11.8. The number of carbonyl (C=O) groups is 1. The number of nitrogens with one attached hydrogen (secondary N) is 1. The van der Waals surface area contributed by atoms with Crippen LogP contribution >= 0.6 is 0 Å². The number of amides is 1. The van der Waals surface area contributed by atoms with Gasteiger partial charge in [0.1, 0.15) is 0 Å². The molecule has 0 bridgehead atoms. The van der Waals surface area contributed by atoms with Gasteiger partial charge in [0.2, 0.25) is 5.91 Å². The number of nitrogens with zero attached hydrogens (tertiary/aromatic N) is 1. The molecule has 0 saturated carbocycles. The molecule has 1 aliphatic heterocycles. The van der Waals surface area contributed by atoms with Crippen LogP contribution in [0.25, 0.3) is 0 Å². The highest BCUT2D eigenvalue weighted by molar-refractivity contribution is 5.91. The Bertz CT molecular complexity index is 454. The zero-order valence-electron chi connectivity index (χ0n) is 13.1. The molecule has 4 heteroatoms. The number of anilines is 2. The summed E-state index contributed by atoms with van der Waals surface area (Å²) in [5, 5.41) is 2.97. The van der Waals surface area contributed by atoms with E-state index in [1.807, 2.05) is 12.1 Å². The fourth-order valence-electron chi connectivity index (χ4n) is 2.65. The maximum Gasteiger partial charge on any atom is 0.224 e. The van der Waals surface area contributed by atoms with E-state index in [4.69, 9.17) is 4.74 Å². The van der Waals surface area contributed by atoms with Crippen LogP contribution in [0.2, 0.25) is 0 Å². The Labute approximate surface area is 127 Å². The van der Waals surface area contributed by atoms with Crippen molar-refractivity contribution >= 4 is 17.3 Å². The lowest BCUT2D eigenvalue weighted by Gasteiger charge is -2.32. The van der Waals surface area contributed by atoms with E-state index in [-0.39, 0.29) is 5.91 Å². The van der Waals surface area contributed by atoms with Gasteiger partial charge >= 0.3 is 0 Å². The van der Waals surface area contributed by atoms with Gasteiger partial charge in [-0.1, -0.05) is 13.0 Å². The van der Waals surface area contributed by atoms with Crippen LogP contribution in [0.3, 0.4) is 0 Å². The first-order valence-corrected chi connectivity index (χ1v) is 7.83. The lowest BCUT2D eigenvalue weighted by Crippen LogP contribution is -2.32. The molecule has 1 heterocycles. The largest absolute Gasteiger partial charge is 0.385 e. The quantitative estimate of drug-likeness (QED) is 0.817. The van der Waals surface area contributed by atoms with Crippen LogP contribution < -0.4 is 10.2 Å². The van der Waals surface area contributed by atoms with E-state index in [9.17, 15) is 4.79 Å². The van der Waals surface area contributed by atoms with Gasteiger partial charge in [-0.25, -0.2) is 0 Å². The first-order chi connectivity index (χ1) is 10.2. The zero-order valence-corrected chi connectivity index (χ0v) is 13.1. The van der Waals surface area contributed by atoms with Crippen LogP contribution in [0.5, 0.6) is 0 Å². The summed E-state index contributed by atoms with van der Waals surface area (Å²) >= 11 is 0. The fraction of sp³-hybridized carbons (Fsp3) is 0.588. The molecule has 1 fully saturated rings. The Morgan fingerprint density at radius 1 is 1.38 bits per heavy atom. The Balaban J connectivity index is 1.90. The first kappa shape index (κ1) is 15.8. The van der Waals surface area contributed by atoms with Crippen molar-refractivity contribution in [3.8, 4) is 0 Å². The molecule has 1 aromatic carbocycles. The summed E-state index contributed by atoms with van der Waals surface area (Å²) in [7, 11) is 1.65. The highest BCUT2D eigenvalue weighted by Gasteiger charge is 2.16. The van der Waals surface area contributed by atoms with Gasteiger partial charge in [-0.05, 0) is 43.4 Å². The monoisotopic (exact) mass is 290 g/mol. The van der Waals surface area contributed by atoms with Gasteiger partial charge in [0.05, 0.1) is 0 Å². The molecular formula is C17H26N2O2. The number of piperidine rings is 1. The second-order valence-electron chi connectivity index (χ2n) is 5.86. The van der Waals surface area contributed by atoms with Gasteiger partial charge in [0.15, 0.2) is 0 Å². The number of rotatable bonds is 6. The van der Waals surface area contributed by atoms with Crippen LogP contribution in [-0.4, -0.2) is 32.7 Å². The van der Waals surface area contributed by atoms with E-state index < -0.39 is 0 Å². The molecule has 0 atom stereocenters. The molecular weight excluding hydrogens is 264 g/mol. The predicted molar refractivity (Wildman–Crippen MR) is 86.8 cm³/mol. The Kier molecular flexibility index (Phi) is 6.05. The average molecular weight is 290 g/mol. The van der Waals surface area contributed by atoms with E-state index in [0.717, 1.165) is 31.1 Å². The van der Waals surface area contributed by atoms with E-state index in [1.54, 1.807) is 7.11 Å². The Morgan fingerprint density at radius 2 is 2.14 bits per heavy atom. The van der Waals surface area contributed by atoms with E-state index in [2.05, 4.69) is 29.3 Å². The third-order valence-corrected chi connectivity index (χ3v) is 4.03. The van der Waals surface area contributed by atoms with E-state index in [1.165, 1.54) is 18.5 Å². The first-order valence-electron chi connectivity index (χ1n) is 7.83. The van der Waals surface area contributed by atoms with Crippen molar-refractivity contribution in [3.05, 3.63) is 24.3 Å². The molecule has 0 aliphatic carbocycles. The minimum atomic E-state index is 0.0523.